The Kier molecular flexibility index (Phi) is 3.27. The highest BCUT2D eigenvalue weighted by Crippen LogP contribution is 2.24. The lowest BCUT2D eigenvalue weighted by Gasteiger charge is -2.34. The third-order valence-corrected chi connectivity index (χ3v) is 4.07. The first-order valence-corrected chi connectivity index (χ1v) is 6.96. The van der Waals surface area contributed by atoms with Gasteiger partial charge in [0.25, 0.3) is 0 Å². The van der Waals surface area contributed by atoms with Gasteiger partial charge in [-0.05, 0) is 49.6 Å². The predicted molar refractivity (Wildman–Crippen MR) is 72.7 cm³/mol. The van der Waals surface area contributed by atoms with Crippen LogP contribution in [0.3, 0.4) is 0 Å². The van der Waals surface area contributed by atoms with Gasteiger partial charge >= 0.3 is 0 Å². The van der Waals surface area contributed by atoms with E-state index in [0.717, 1.165) is 32.0 Å². The summed E-state index contributed by atoms with van der Waals surface area (Å²) in [6.45, 7) is 6.12. The average molecular weight is 246 g/mol. The molecular weight excluding hydrogens is 224 g/mol. The molecule has 3 rings (SSSR count). The SMILES string of the molecule is CC1(COc2ccc3c(c2)CNC3)CCCCN1. The zero-order chi connectivity index (χ0) is 12.4. The smallest absolute Gasteiger partial charge is 0.119 e. The summed E-state index contributed by atoms with van der Waals surface area (Å²) >= 11 is 0. The van der Waals surface area contributed by atoms with E-state index in [1.165, 1.54) is 30.4 Å². The first kappa shape index (κ1) is 12.0. The minimum atomic E-state index is 0.148. The molecule has 1 fully saturated rings. The van der Waals surface area contributed by atoms with Gasteiger partial charge in [-0.3, -0.25) is 0 Å². The van der Waals surface area contributed by atoms with Gasteiger partial charge in [-0.2, -0.15) is 0 Å². The molecule has 3 heteroatoms. The second-order valence-electron chi connectivity index (χ2n) is 5.77. The van der Waals surface area contributed by atoms with E-state index in [0.29, 0.717) is 0 Å². The first-order valence-electron chi connectivity index (χ1n) is 6.96. The van der Waals surface area contributed by atoms with Crippen molar-refractivity contribution >= 4 is 0 Å². The molecule has 0 radical (unpaired) electrons. The van der Waals surface area contributed by atoms with Crippen LogP contribution in [0.25, 0.3) is 0 Å². The zero-order valence-corrected chi connectivity index (χ0v) is 11.1. The highest BCUT2D eigenvalue weighted by Gasteiger charge is 2.27. The summed E-state index contributed by atoms with van der Waals surface area (Å²) in [5.74, 6) is 1.01. The number of rotatable bonds is 3. The predicted octanol–water partition coefficient (Wildman–Crippen LogP) is 2.20. The van der Waals surface area contributed by atoms with E-state index in [1.54, 1.807) is 0 Å². The van der Waals surface area contributed by atoms with Crippen LogP contribution < -0.4 is 15.4 Å². The largest absolute Gasteiger partial charge is 0.492 e. The van der Waals surface area contributed by atoms with Crippen LogP contribution in [0.5, 0.6) is 5.75 Å². The van der Waals surface area contributed by atoms with Crippen LogP contribution in [0.2, 0.25) is 0 Å². The molecule has 2 aliphatic rings. The molecule has 0 amide bonds. The average Bonchev–Trinajstić information content (AvgIpc) is 2.85. The van der Waals surface area contributed by atoms with E-state index >= 15 is 0 Å². The topological polar surface area (TPSA) is 33.3 Å². The molecule has 1 saturated heterocycles. The highest BCUT2D eigenvalue weighted by atomic mass is 16.5. The van der Waals surface area contributed by atoms with Crippen molar-refractivity contribution in [3.05, 3.63) is 29.3 Å². The minimum Gasteiger partial charge on any atom is -0.492 e. The number of ether oxygens (including phenoxy) is 1. The van der Waals surface area contributed by atoms with Crippen LogP contribution in [-0.2, 0) is 13.1 Å². The molecule has 0 aromatic heterocycles. The molecule has 0 aliphatic carbocycles. The van der Waals surface area contributed by atoms with E-state index in [1.807, 2.05) is 0 Å². The summed E-state index contributed by atoms with van der Waals surface area (Å²) in [7, 11) is 0. The van der Waals surface area contributed by atoms with Gasteiger partial charge in [0, 0.05) is 18.6 Å². The lowest BCUT2D eigenvalue weighted by atomic mass is 9.92. The number of hydrogen-bond acceptors (Lipinski definition) is 3. The van der Waals surface area contributed by atoms with Crippen molar-refractivity contribution in [1.29, 1.82) is 0 Å². The summed E-state index contributed by atoms with van der Waals surface area (Å²) in [4.78, 5) is 0. The number of benzene rings is 1. The molecule has 1 atom stereocenters. The zero-order valence-electron chi connectivity index (χ0n) is 11.1. The molecule has 18 heavy (non-hydrogen) atoms. The number of piperidine rings is 1. The summed E-state index contributed by atoms with van der Waals surface area (Å²) in [5.41, 5.74) is 2.94. The van der Waals surface area contributed by atoms with E-state index in [2.05, 4.69) is 35.8 Å². The van der Waals surface area contributed by atoms with Crippen molar-refractivity contribution in [2.45, 2.75) is 44.8 Å². The molecule has 2 N–H and O–H groups in total. The maximum atomic E-state index is 5.98. The molecule has 1 unspecified atom stereocenters. The van der Waals surface area contributed by atoms with Gasteiger partial charge in [-0.25, -0.2) is 0 Å². The Morgan fingerprint density at radius 3 is 2.94 bits per heavy atom. The number of nitrogens with one attached hydrogen (secondary N) is 2. The number of fused-ring (bicyclic) bond motifs is 1. The first-order chi connectivity index (χ1) is 8.75. The van der Waals surface area contributed by atoms with Gasteiger partial charge in [0.1, 0.15) is 12.4 Å². The summed E-state index contributed by atoms with van der Waals surface area (Å²) in [6, 6.07) is 6.46. The van der Waals surface area contributed by atoms with Crippen LogP contribution in [-0.4, -0.2) is 18.7 Å². The Balaban J connectivity index is 1.62. The molecule has 0 spiro atoms. The van der Waals surface area contributed by atoms with Crippen LogP contribution in [0.1, 0.15) is 37.3 Å². The summed E-state index contributed by atoms with van der Waals surface area (Å²) < 4.78 is 5.98. The Morgan fingerprint density at radius 1 is 1.22 bits per heavy atom. The second-order valence-corrected chi connectivity index (χ2v) is 5.77. The van der Waals surface area contributed by atoms with Crippen molar-refractivity contribution in [3.63, 3.8) is 0 Å². The summed E-state index contributed by atoms with van der Waals surface area (Å²) in [6.07, 6.45) is 3.81. The van der Waals surface area contributed by atoms with Gasteiger partial charge in [0.15, 0.2) is 0 Å². The molecule has 1 aromatic rings. The fraction of sp³-hybridized carbons (Fsp3) is 0.600. The Hall–Kier alpha value is -1.06. The van der Waals surface area contributed by atoms with Crippen molar-refractivity contribution in [3.8, 4) is 5.75 Å². The van der Waals surface area contributed by atoms with Crippen LogP contribution in [0.15, 0.2) is 18.2 Å². The number of hydrogen-bond donors (Lipinski definition) is 2. The van der Waals surface area contributed by atoms with Crippen molar-refractivity contribution in [1.82, 2.24) is 10.6 Å². The second kappa shape index (κ2) is 4.90. The molecule has 2 heterocycles. The molecule has 0 bridgehead atoms. The highest BCUT2D eigenvalue weighted by molar-refractivity contribution is 5.37. The van der Waals surface area contributed by atoms with Gasteiger partial charge < -0.3 is 15.4 Å². The monoisotopic (exact) mass is 246 g/mol. The Morgan fingerprint density at radius 2 is 2.11 bits per heavy atom. The van der Waals surface area contributed by atoms with Crippen LogP contribution in [0.4, 0.5) is 0 Å². The van der Waals surface area contributed by atoms with Crippen molar-refractivity contribution in [2.24, 2.45) is 0 Å². The molecule has 2 aliphatic heterocycles. The van der Waals surface area contributed by atoms with E-state index in [4.69, 9.17) is 4.74 Å². The van der Waals surface area contributed by atoms with E-state index in [9.17, 15) is 0 Å². The van der Waals surface area contributed by atoms with Crippen molar-refractivity contribution < 1.29 is 4.74 Å². The molecule has 0 saturated carbocycles. The minimum absolute atomic E-state index is 0.148. The van der Waals surface area contributed by atoms with E-state index in [-0.39, 0.29) is 5.54 Å². The quantitative estimate of drug-likeness (QED) is 0.858. The molecule has 1 aromatic carbocycles. The lowest BCUT2D eigenvalue weighted by Crippen LogP contribution is -2.50. The third-order valence-electron chi connectivity index (χ3n) is 4.07. The van der Waals surface area contributed by atoms with Gasteiger partial charge in [0.2, 0.25) is 0 Å². The van der Waals surface area contributed by atoms with Crippen LogP contribution >= 0.6 is 0 Å². The fourth-order valence-electron chi connectivity index (χ4n) is 2.85. The maximum Gasteiger partial charge on any atom is 0.119 e. The maximum absolute atomic E-state index is 5.98. The Labute approximate surface area is 109 Å². The molecular formula is C15H22N2O. The fourth-order valence-corrected chi connectivity index (χ4v) is 2.85. The van der Waals surface area contributed by atoms with E-state index < -0.39 is 0 Å². The van der Waals surface area contributed by atoms with Gasteiger partial charge in [-0.15, -0.1) is 0 Å². The molecule has 98 valence electrons. The van der Waals surface area contributed by atoms with Gasteiger partial charge in [-0.1, -0.05) is 12.5 Å². The van der Waals surface area contributed by atoms with Crippen molar-refractivity contribution in [2.75, 3.05) is 13.2 Å². The van der Waals surface area contributed by atoms with Crippen LogP contribution in [0, 0.1) is 0 Å². The Bertz CT molecular complexity index is 425. The van der Waals surface area contributed by atoms with Gasteiger partial charge in [0.05, 0.1) is 0 Å². The third kappa shape index (κ3) is 2.52. The lowest BCUT2D eigenvalue weighted by molar-refractivity contribution is 0.163. The normalized spacial score (nSPS) is 26.9. The summed E-state index contributed by atoms with van der Waals surface area (Å²) in [5, 5.41) is 6.94. The molecule has 3 nitrogen and oxygen atoms in total. The standard InChI is InChI=1S/C15H22N2O/c1-15(6-2-3-7-17-15)11-18-14-5-4-12-9-16-10-13(12)8-14/h4-5,8,16-17H,2-3,6-7,9-11H2,1H3.